The van der Waals surface area contributed by atoms with Crippen molar-refractivity contribution in [2.75, 3.05) is 26.2 Å². The Kier molecular flexibility index (Phi) is 4.97. The molecule has 1 aromatic heterocycles. The van der Waals surface area contributed by atoms with Gasteiger partial charge in [0.15, 0.2) is 5.15 Å². The minimum Gasteiger partial charge on any atom is -0.444 e. The smallest absolute Gasteiger partial charge is 0.410 e. The molecule has 6 nitrogen and oxygen atoms in total. The topological polar surface area (TPSA) is 58.6 Å². The zero-order chi connectivity index (χ0) is 17.3. The van der Waals surface area contributed by atoms with E-state index >= 15 is 0 Å². The van der Waals surface area contributed by atoms with Gasteiger partial charge in [-0.25, -0.2) is 4.79 Å². The summed E-state index contributed by atoms with van der Waals surface area (Å²) in [6.07, 6.45) is 0.843. The summed E-state index contributed by atoms with van der Waals surface area (Å²) in [7, 11) is 0. The van der Waals surface area contributed by atoms with E-state index in [1.54, 1.807) is 6.07 Å². The van der Waals surface area contributed by atoms with Gasteiger partial charge < -0.3 is 9.64 Å². The van der Waals surface area contributed by atoms with Crippen molar-refractivity contribution in [1.29, 1.82) is 0 Å². The molecule has 3 rings (SSSR count). The number of carbonyl (C=O) groups excluding carboxylic acids is 1. The number of nitrogens with zero attached hydrogens (tertiary/aromatic N) is 4. The fraction of sp³-hybridized carbons (Fsp3) is 0.706. The lowest BCUT2D eigenvalue weighted by molar-refractivity contribution is 0.0139. The zero-order valence-electron chi connectivity index (χ0n) is 14.5. The Labute approximate surface area is 148 Å². The zero-order valence-corrected chi connectivity index (χ0v) is 15.3. The van der Waals surface area contributed by atoms with Crippen molar-refractivity contribution in [1.82, 2.24) is 20.0 Å². The number of carbonyl (C=O) groups is 1. The molecule has 2 atom stereocenters. The SMILES string of the molecule is CC(C)(C)OC(=O)N1CC[C@@H]2CN(Cc3ccc(Cl)nn3)C[C@@H]2C1. The molecule has 0 radical (unpaired) electrons. The first-order valence-electron chi connectivity index (χ1n) is 8.48. The van der Waals surface area contributed by atoms with Gasteiger partial charge in [-0.2, -0.15) is 5.10 Å². The number of amides is 1. The van der Waals surface area contributed by atoms with Crippen molar-refractivity contribution >= 4 is 17.7 Å². The predicted octanol–water partition coefficient (Wildman–Crippen LogP) is 2.82. The summed E-state index contributed by atoms with van der Waals surface area (Å²) >= 11 is 5.78. The maximum atomic E-state index is 12.3. The van der Waals surface area contributed by atoms with Gasteiger partial charge in [-0.05, 0) is 51.2 Å². The number of halogens is 1. The summed E-state index contributed by atoms with van der Waals surface area (Å²) < 4.78 is 5.50. The standard InChI is InChI=1S/C17H25ClN4O2/c1-17(2,3)24-16(23)22-7-6-12-8-21(9-13(12)10-22)11-14-4-5-15(18)20-19-14/h4-5,12-13H,6-11H2,1-3H3/t12-,13-/m1/s1. The maximum Gasteiger partial charge on any atom is 0.410 e. The molecule has 0 aliphatic carbocycles. The molecule has 24 heavy (non-hydrogen) atoms. The molecule has 132 valence electrons. The minimum absolute atomic E-state index is 0.192. The van der Waals surface area contributed by atoms with Gasteiger partial charge in [0.05, 0.1) is 5.69 Å². The van der Waals surface area contributed by atoms with Gasteiger partial charge in [-0.1, -0.05) is 11.6 Å². The number of hydrogen-bond acceptors (Lipinski definition) is 5. The van der Waals surface area contributed by atoms with E-state index < -0.39 is 5.60 Å². The van der Waals surface area contributed by atoms with Crippen molar-refractivity contribution in [3.8, 4) is 0 Å². The molecule has 2 aliphatic heterocycles. The Bertz CT molecular complexity index is 587. The lowest BCUT2D eigenvalue weighted by atomic mass is 9.89. The number of fused-ring (bicyclic) bond motifs is 1. The molecule has 0 unspecified atom stereocenters. The van der Waals surface area contributed by atoms with Crippen LogP contribution in [0.5, 0.6) is 0 Å². The third-order valence-corrected chi connectivity index (χ3v) is 4.80. The molecule has 2 aliphatic rings. The van der Waals surface area contributed by atoms with E-state index in [1.165, 1.54) is 0 Å². The molecule has 2 saturated heterocycles. The van der Waals surface area contributed by atoms with Gasteiger partial charge >= 0.3 is 6.09 Å². The highest BCUT2D eigenvalue weighted by Gasteiger charge is 2.39. The number of aromatic nitrogens is 2. The first kappa shape index (κ1) is 17.4. The molecular weight excluding hydrogens is 328 g/mol. The predicted molar refractivity (Wildman–Crippen MR) is 91.7 cm³/mol. The summed E-state index contributed by atoms with van der Waals surface area (Å²) in [6, 6.07) is 3.70. The van der Waals surface area contributed by atoms with E-state index in [4.69, 9.17) is 16.3 Å². The van der Waals surface area contributed by atoms with Crippen LogP contribution in [0.3, 0.4) is 0 Å². The lowest BCUT2D eigenvalue weighted by Gasteiger charge is -2.35. The van der Waals surface area contributed by atoms with Crippen LogP contribution in [0.1, 0.15) is 32.9 Å². The molecule has 3 heterocycles. The summed E-state index contributed by atoms with van der Waals surface area (Å²) in [5, 5.41) is 8.45. The average Bonchev–Trinajstić information content (AvgIpc) is 2.89. The molecule has 0 bridgehead atoms. The Morgan fingerprint density at radius 1 is 1.25 bits per heavy atom. The number of rotatable bonds is 2. The van der Waals surface area contributed by atoms with Crippen molar-refractivity contribution in [2.45, 2.75) is 39.3 Å². The summed E-state index contributed by atoms with van der Waals surface area (Å²) in [5.41, 5.74) is 0.491. The first-order valence-corrected chi connectivity index (χ1v) is 8.86. The Balaban J connectivity index is 1.54. The van der Waals surface area contributed by atoms with E-state index in [0.29, 0.717) is 17.0 Å². The first-order chi connectivity index (χ1) is 11.3. The van der Waals surface area contributed by atoms with Crippen molar-refractivity contribution in [2.24, 2.45) is 11.8 Å². The van der Waals surface area contributed by atoms with Crippen LogP contribution in [0, 0.1) is 11.8 Å². The van der Waals surface area contributed by atoms with Crippen LogP contribution >= 0.6 is 11.6 Å². The highest BCUT2D eigenvalue weighted by Crippen LogP contribution is 2.32. The van der Waals surface area contributed by atoms with Gasteiger partial charge in [-0.15, -0.1) is 5.10 Å². The third-order valence-electron chi connectivity index (χ3n) is 4.60. The molecular formula is C17H25ClN4O2. The number of piperidine rings is 1. The molecule has 2 fully saturated rings. The molecule has 0 N–H and O–H groups in total. The normalized spacial score (nSPS) is 24.8. The largest absolute Gasteiger partial charge is 0.444 e. The lowest BCUT2D eigenvalue weighted by Crippen LogP contribution is -2.45. The van der Waals surface area contributed by atoms with Gasteiger partial charge in [0.1, 0.15) is 5.60 Å². The van der Waals surface area contributed by atoms with E-state index in [0.717, 1.165) is 44.8 Å². The minimum atomic E-state index is -0.442. The van der Waals surface area contributed by atoms with Crippen LogP contribution in [-0.2, 0) is 11.3 Å². The quantitative estimate of drug-likeness (QED) is 0.819. The van der Waals surface area contributed by atoms with Crippen LogP contribution in [0.2, 0.25) is 5.15 Å². The summed E-state index contributed by atoms with van der Waals surface area (Å²) in [4.78, 5) is 16.5. The molecule has 7 heteroatoms. The summed E-state index contributed by atoms with van der Waals surface area (Å²) in [6.45, 7) is 10.1. The monoisotopic (exact) mass is 352 g/mol. The molecule has 0 saturated carbocycles. The summed E-state index contributed by atoms with van der Waals surface area (Å²) in [5.74, 6) is 1.15. The molecule has 1 aromatic rings. The third kappa shape index (κ3) is 4.36. The van der Waals surface area contributed by atoms with E-state index in [1.807, 2.05) is 31.7 Å². The highest BCUT2D eigenvalue weighted by molar-refractivity contribution is 6.29. The molecule has 0 spiro atoms. The van der Waals surface area contributed by atoms with Crippen LogP contribution in [0.15, 0.2) is 12.1 Å². The number of ether oxygens (including phenoxy) is 1. The number of likely N-dealkylation sites (tertiary alicyclic amines) is 2. The highest BCUT2D eigenvalue weighted by atomic mass is 35.5. The number of hydrogen-bond donors (Lipinski definition) is 0. The fourth-order valence-electron chi connectivity index (χ4n) is 3.54. The van der Waals surface area contributed by atoms with Gasteiger partial charge in [0, 0.05) is 32.7 Å². The second-order valence-electron chi connectivity index (χ2n) is 7.78. The fourth-order valence-corrected chi connectivity index (χ4v) is 3.65. The average molecular weight is 353 g/mol. The van der Waals surface area contributed by atoms with E-state index in [9.17, 15) is 4.79 Å². The van der Waals surface area contributed by atoms with Crippen molar-refractivity contribution in [3.63, 3.8) is 0 Å². The van der Waals surface area contributed by atoms with Crippen molar-refractivity contribution in [3.05, 3.63) is 23.0 Å². The van der Waals surface area contributed by atoms with Crippen molar-refractivity contribution < 1.29 is 9.53 Å². The second kappa shape index (κ2) is 6.84. The second-order valence-corrected chi connectivity index (χ2v) is 8.16. The van der Waals surface area contributed by atoms with Crippen LogP contribution in [0.4, 0.5) is 4.79 Å². The van der Waals surface area contributed by atoms with Gasteiger partial charge in [0.25, 0.3) is 0 Å². The Morgan fingerprint density at radius 3 is 2.67 bits per heavy atom. The molecule has 1 amide bonds. The van der Waals surface area contributed by atoms with Gasteiger partial charge in [-0.3, -0.25) is 4.90 Å². The van der Waals surface area contributed by atoms with Crippen LogP contribution < -0.4 is 0 Å². The van der Waals surface area contributed by atoms with E-state index in [2.05, 4.69) is 15.1 Å². The van der Waals surface area contributed by atoms with E-state index in [-0.39, 0.29) is 6.09 Å². The molecule has 0 aromatic carbocycles. The van der Waals surface area contributed by atoms with Gasteiger partial charge in [0.2, 0.25) is 0 Å². The Hall–Kier alpha value is -1.40. The van der Waals surface area contributed by atoms with Crippen LogP contribution in [-0.4, -0.2) is 57.9 Å². The Morgan fingerprint density at radius 2 is 2.00 bits per heavy atom. The van der Waals surface area contributed by atoms with Crippen LogP contribution in [0.25, 0.3) is 0 Å². The maximum absolute atomic E-state index is 12.3.